The van der Waals surface area contributed by atoms with Crippen LogP contribution in [0, 0.1) is 0 Å². The Morgan fingerprint density at radius 2 is 1.55 bits per heavy atom. The molecule has 288 valence electrons. The van der Waals surface area contributed by atoms with E-state index in [1.165, 1.54) is 24.1 Å². The molecular formula is C37H40IN9O8. The zero-order valence-electron chi connectivity index (χ0n) is 29.9. The van der Waals surface area contributed by atoms with Crippen LogP contribution in [-0.2, 0) is 43.7 Å². The normalized spacial score (nSPS) is 17.5. The van der Waals surface area contributed by atoms with Crippen LogP contribution in [0.4, 0.5) is 17.2 Å². The highest BCUT2D eigenvalue weighted by Gasteiger charge is 2.45. The summed E-state index contributed by atoms with van der Waals surface area (Å²) in [5.41, 5.74) is 3.87. The van der Waals surface area contributed by atoms with Crippen LogP contribution >= 0.6 is 0 Å². The molecule has 4 atom stereocenters. The van der Waals surface area contributed by atoms with E-state index < -0.39 is 30.5 Å². The molecule has 2 aromatic carbocycles. The summed E-state index contributed by atoms with van der Waals surface area (Å²) >= 11 is 0. The third-order valence-corrected chi connectivity index (χ3v) is 8.53. The van der Waals surface area contributed by atoms with Gasteiger partial charge in [0.25, 0.3) is 0 Å². The maximum Gasteiger partial charge on any atom is 0.344 e. The van der Waals surface area contributed by atoms with Crippen molar-refractivity contribution in [2.75, 3.05) is 30.3 Å². The van der Waals surface area contributed by atoms with E-state index >= 15 is 0 Å². The summed E-state index contributed by atoms with van der Waals surface area (Å²) in [6.45, 7) is 1.83. The SMILES string of the molecule is CC(=O)NCCNC(=O)Cc1ccc(NC(=O)Cc2ccc(Nc3ncnc4c3ncn4[C@@H]3O[C@H](COC(=O)c4ccc[n+](C)c4)[C@@H](O)[C@H]3O)cc2)cc1.[I-]. The molecular weight excluding hydrogens is 825 g/mol. The van der Waals surface area contributed by atoms with Gasteiger partial charge in [0.15, 0.2) is 35.6 Å². The molecule has 3 amide bonds. The lowest BCUT2D eigenvalue weighted by Gasteiger charge is -2.16. The van der Waals surface area contributed by atoms with Gasteiger partial charge in [-0.2, -0.15) is 0 Å². The summed E-state index contributed by atoms with van der Waals surface area (Å²) in [5.74, 6) is -0.748. The zero-order chi connectivity index (χ0) is 38.2. The fourth-order valence-electron chi connectivity index (χ4n) is 5.80. The Bertz CT molecular complexity index is 2130. The molecule has 1 fully saturated rings. The van der Waals surface area contributed by atoms with Crippen molar-refractivity contribution in [1.29, 1.82) is 0 Å². The number of rotatable bonds is 14. The van der Waals surface area contributed by atoms with E-state index in [-0.39, 0.29) is 61.1 Å². The van der Waals surface area contributed by atoms with Gasteiger partial charge in [-0.3, -0.25) is 19.0 Å². The van der Waals surface area contributed by atoms with E-state index in [2.05, 4.69) is 36.2 Å². The van der Waals surface area contributed by atoms with Crippen molar-refractivity contribution in [2.45, 2.75) is 44.3 Å². The molecule has 0 saturated carbocycles. The molecule has 1 aliphatic heterocycles. The molecule has 55 heavy (non-hydrogen) atoms. The minimum atomic E-state index is -1.36. The van der Waals surface area contributed by atoms with Gasteiger partial charge in [-0.1, -0.05) is 24.3 Å². The molecule has 17 nitrogen and oxygen atoms in total. The van der Waals surface area contributed by atoms with Crippen molar-refractivity contribution in [3.63, 3.8) is 0 Å². The molecule has 0 radical (unpaired) electrons. The number of aryl methyl sites for hydroxylation is 1. The number of benzene rings is 2. The minimum absolute atomic E-state index is 0. The maximum atomic E-state index is 12.8. The number of carbonyl (C=O) groups excluding carboxylic acids is 4. The molecule has 4 heterocycles. The van der Waals surface area contributed by atoms with Gasteiger partial charge in [-0.25, -0.2) is 24.3 Å². The zero-order valence-corrected chi connectivity index (χ0v) is 32.0. The average molecular weight is 866 g/mol. The smallest absolute Gasteiger partial charge is 0.344 e. The van der Waals surface area contributed by atoms with E-state index in [0.29, 0.717) is 47.0 Å². The number of nitrogens with zero attached hydrogens (tertiary/aromatic N) is 5. The number of aliphatic hydroxyl groups is 2. The first kappa shape index (κ1) is 40.6. The lowest BCUT2D eigenvalue weighted by molar-refractivity contribution is -0.671. The van der Waals surface area contributed by atoms with E-state index in [9.17, 15) is 29.4 Å². The summed E-state index contributed by atoms with van der Waals surface area (Å²) in [7, 11) is 1.78. The Labute approximate surface area is 332 Å². The van der Waals surface area contributed by atoms with E-state index in [4.69, 9.17) is 9.47 Å². The molecule has 0 aliphatic carbocycles. The third-order valence-electron chi connectivity index (χ3n) is 8.53. The molecule has 3 aromatic heterocycles. The van der Waals surface area contributed by atoms with Gasteiger partial charge < -0.3 is 64.9 Å². The van der Waals surface area contributed by atoms with Crippen LogP contribution in [-0.4, -0.2) is 91.4 Å². The third kappa shape index (κ3) is 10.6. The second kappa shape index (κ2) is 18.7. The van der Waals surface area contributed by atoms with Crippen molar-refractivity contribution in [2.24, 2.45) is 7.05 Å². The van der Waals surface area contributed by atoms with Gasteiger partial charge in [-0.15, -0.1) is 0 Å². The molecule has 0 spiro atoms. The Morgan fingerprint density at radius 1 is 0.873 bits per heavy atom. The number of anilines is 3. The Kier molecular flexibility index (Phi) is 13.8. The molecule has 0 bridgehead atoms. The van der Waals surface area contributed by atoms with Crippen LogP contribution in [0.5, 0.6) is 0 Å². The highest BCUT2D eigenvalue weighted by Crippen LogP contribution is 2.33. The summed E-state index contributed by atoms with van der Waals surface area (Å²) in [6.07, 6.45) is 1.69. The van der Waals surface area contributed by atoms with Crippen molar-refractivity contribution < 1.29 is 67.4 Å². The summed E-state index contributed by atoms with van der Waals surface area (Å²) in [6, 6.07) is 17.5. The first-order valence-electron chi connectivity index (χ1n) is 17.1. The Balaban J connectivity index is 0.00000580. The standard InChI is InChI=1S/C37H39N9O8.HI/c1-22(47)38-13-14-39-29(48)16-23-5-9-26(10-6-23)43-30(49)17-24-7-11-27(12-8-24)44-34-31-35(41-20-40-34)46(21-42-31)36-33(51)32(50)28(54-36)19-53-37(52)25-4-3-15-45(2)18-25;/h3-12,15,18,20-21,28,32-33,36,50-51H,13-14,16-17,19H2,1-2H3,(H3-,38,39,40,41,43,44,47,48,49);1H/t28-,32-,33-,36-;/m1./s1. The fourth-order valence-corrected chi connectivity index (χ4v) is 5.80. The van der Waals surface area contributed by atoms with Gasteiger partial charge in [0.1, 0.15) is 43.9 Å². The molecule has 6 rings (SSSR count). The summed E-state index contributed by atoms with van der Waals surface area (Å²) in [4.78, 5) is 61.4. The van der Waals surface area contributed by atoms with Crippen LogP contribution in [0.15, 0.2) is 85.7 Å². The number of amides is 3. The average Bonchev–Trinajstić information content (AvgIpc) is 3.71. The number of aromatic nitrogens is 5. The fraction of sp³-hybridized carbons (Fsp3) is 0.297. The van der Waals surface area contributed by atoms with Crippen LogP contribution in [0.3, 0.4) is 0 Å². The van der Waals surface area contributed by atoms with Crippen molar-refractivity contribution in [3.8, 4) is 0 Å². The van der Waals surface area contributed by atoms with E-state index in [1.54, 1.807) is 84.7 Å². The number of nitrogens with one attached hydrogen (secondary N) is 4. The Hall–Kier alpha value is -5.57. The second-order valence-corrected chi connectivity index (χ2v) is 12.7. The van der Waals surface area contributed by atoms with Crippen molar-refractivity contribution in [3.05, 3.63) is 102 Å². The van der Waals surface area contributed by atoms with Gasteiger partial charge in [0, 0.05) is 37.5 Å². The number of carbonyl (C=O) groups is 4. The second-order valence-electron chi connectivity index (χ2n) is 12.7. The van der Waals surface area contributed by atoms with Gasteiger partial charge in [0.2, 0.25) is 17.7 Å². The first-order chi connectivity index (χ1) is 26.0. The predicted molar refractivity (Wildman–Crippen MR) is 193 cm³/mol. The molecule has 1 aliphatic rings. The molecule has 5 aromatic rings. The summed E-state index contributed by atoms with van der Waals surface area (Å²) < 4.78 is 14.5. The highest BCUT2D eigenvalue weighted by atomic mass is 127. The molecule has 18 heteroatoms. The van der Waals surface area contributed by atoms with Crippen LogP contribution in [0.25, 0.3) is 11.2 Å². The number of esters is 1. The van der Waals surface area contributed by atoms with Crippen LogP contribution < -0.4 is 49.8 Å². The van der Waals surface area contributed by atoms with Crippen LogP contribution in [0.1, 0.15) is 34.6 Å². The number of ether oxygens (including phenoxy) is 2. The number of halogens is 1. The van der Waals surface area contributed by atoms with E-state index in [0.717, 1.165) is 11.1 Å². The minimum Gasteiger partial charge on any atom is -1.00 e. The molecule has 1 saturated heterocycles. The molecule has 6 N–H and O–H groups in total. The number of hydrogen-bond acceptors (Lipinski definition) is 12. The van der Waals surface area contributed by atoms with E-state index in [1.807, 2.05) is 0 Å². The number of imidazole rings is 1. The molecule has 0 unspecified atom stereocenters. The topological polar surface area (TPSA) is 223 Å². The number of pyridine rings is 1. The summed E-state index contributed by atoms with van der Waals surface area (Å²) in [5, 5.41) is 33.0. The van der Waals surface area contributed by atoms with Crippen molar-refractivity contribution in [1.82, 2.24) is 30.2 Å². The number of aliphatic hydroxyl groups excluding tert-OH is 2. The predicted octanol–water partition coefficient (Wildman–Crippen LogP) is -2.15. The van der Waals surface area contributed by atoms with Gasteiger partial charge >= 0.3 is 5.97 Å². The number of fused-ring (bicyclic) bond motifs is 1. The van der Waals surface area contributed by atoms with Crippen LogP contribution in [0.2, 0.25) is 0 Å². The maximum absolute atomic E-state index is 12.8. The monoisotopic (exact) mass is 865 g/mol. The quantitative estimate of drug-likeness (QED) is 0.0305. The number of hydrogen-bond donors (Lipinski definition) is 6. The highest BCUT2D eigenvalue weighted by molar-refractivity contribution is 5.92. The largest absolute Gasteiger partial charge is 1.00 e. The van der Waals surface area contributed by atoms with Gasteiger partial charge in [0.05, 0.1) is 19.2 Å². The lowest BCUT2D eigenvalue weighted by Crippen LogP contribution is -3.00. The Morgan fingerprint density at radius 3 is 2.24 bits per heavy atom. The van der Waals surface area contributed by atoms with Gasteiger partial charge in [-0.05, 0) is 41.5 Å². The lowest BCUT2D eigenvalue weighted by atomic mass is 10.1. The first-order valence-corrected chi connectivity index (χ1v) is 17.1. The van der Waals surface area contributed by atoms with Crippen molar-refractivity contribution >= 4 is 52.0 Å².